The number of hydrogen-bond acceptors (Lipinski definition) is 5. The molecular weight excluding hydrogens is 310 g/mol. The SMILES string of the molecule is O=C(O)COc1ccc(NC(=O)c2cncnc2)c2ccccc12. The number of anilines is 1. The molecule has 7 heteroatoms. The van der Waals surface area contributed by atoms with Crippen molar-refractivity contribution in [3.63, 3.8) is 0 Å². The van der Waals surface area contributed by atoms with Gasteiger partial charge in [-0.2, -0.15) is 0 Å². The fourth-order valence-electron chi connectivity index (χ4n) is 2.26. The third kappa shape index (κ3) is 3.30. The smallest absolute Gasteiger partial charge is 0.341 e. The molecule has 0 saturated heterocycles. The minimum atomic E-state index is -1.06. The highest BCUT2D eigenvalue weighted by molar-refractivity contribution is 6.09. The highest BCUT2D eigenvalue weighted by atomic mass is 16.5. The van der Waals surface area contributed by atoms with E-state index in [0.717, 1.165) is 5.39 Å². The molecule has 7 nitrogen and oxygen atoms in total. The highest BCUT2D eigenvalue weighted by Gasteiger charge is 2.12. The van der Waals surface area contributed by atoms with Gasteiger partial charge in [0.1, 0.15) is 12.1 Å². The maximum Gasteiger partial charge on any atom is 0.341 e. The summed E-state index contributed by atoms with van der Waals surface area (Å²) in [6, 6.07) is 10.6. The normalized spacial score (nSPS) is 10.3. The van der Waals surface area contributed by atoms with Gasteiger partial charge in [0.2, 0.25) is 0 Å². The maximum absolute atomic E-state index is 12.3. The number of carboxylic acid groups (broad SMARTS) is 1. The lowest BCUT2D eigenvalue weighted by molar-refractivity contribution is -0.139. The van der Waals surface area contributed by atoms with Crippen molar-refractivity contribution in [2.75, 3.05) is 11.9 Å². The lowest BCUT2D eigenvalue weighted by Crippen LogP contribution is -2.13. The van der Waals surface area contributed by atoms with E-state index in [2.05, 4.69) is 15.3 Å². The minimum Gasteiger partial charge on any atom is -0.481 e. The number of carbonyl (C=O) groups excluding carboxylic acids is 1. The van der Waals surface area contributed by atoms with Crippen molar-refractivity contribution in [1.29, 1.82) is 0 Å². The lowest BCUT2D eigenvalue weighted by Gasteiger charge is -2.12. The van der Waals surface area contributed by atoms with Gasteiger partial charge in [0.25, 0.3) is 5.91 Å². The number of aromatic nitrogens is 2. The van der Waals surface area contributed by atoms with E-state index in [1.165, 1.54) is 18.7 Å². The standard InChI is InChI=1S/C17H13N3O4/c21-16(22)9-24-15-6-5-14(12-3-1-2-4-13(12)15)20-17(23)11-7-18-10-19-8-11/h1-8,10H,9H2,(H,20,23)(H,21,22). The van der Waals surface area contributed by atoms with Crippen LogP contribution in [-0.2, 0) is 4.79 Å². The molecule has 3 aromatic rings. The lowest BCUT2D eigenvalue weighted by atomic mass is 10.1. The Bertz CT molecular complexity index is 897. The molecule has 0 unspecified atom stereocenters. The molecule has 120 valence electrons. The van der Waals surface area contributed by atoms with Gasteiger partial charge in [-0.1, -0.05) is 24.3 Å². The molecule has 1 heterocycles. The van der Waals surface area contributed by atoms with Gasteiger partial charge in [-0.05, 0) is 12.1 Å². The van der Waals surface area contributed by atoms with Gasteiger partial charge in [0.05, 0.1) is 5.56 Å². The zero-order valence-corrected chi connectivity index (χ0v) is 12.5. The first-order valence-corrected chi connectivity index (χ1v) is 7.08. The summed E-state index contributed by atoms with van der Waals surface area (Å²) in [5.41, 5.74) is 0.926. The fraction of sp³-hybridized carbons (Fsp3) is 0.0588. The van der Waals surface area contributed by atoms with Gasteiger partial charge in [-0.3, -0.25) is 4.79 Å². The van der Waals surface area contributed by atoms with Crippen molar-refractivity contribution < 1.29 is 19.4 Å². The summed E-state index contributed by atoms with van der Waals surface area (Å²) < 4.78 is 5.29. The number of rotatable bonds is 5. The number of benzene rings is 2. The van der Waals surface area contributed by atoms with Crippen LogP contribution in [0.25, 0.3) is 10.8 Å². The molecule has 24 heavy (non-hydrogen) atoms. The van der Waals surface area contributed by atoms with E-state index in [4.69, 9.17) is 9.84 Å². The van der Waals surface area contributed by atoms with Gasteiger partial charge in [0.15, 0.2) is 6.61 Å². The summed E-state index contributed by atoms with van der Waals surface area (Å²) in [5.74, 6) is -0.950. The molecule has 0 saturated carbocycles. The summed E-state index contributed by atoms with van der Waals surface area (Å²) >= 11 is 0. The fourth-order valence-corrected chi connectivity index (χ4v) is 2.26. The average Bonchev–Trinajstić information content (AvgIpc) is 2.61. The highest BCUT2D eigenvalue weighted by Crippen LogP contribution is 2.31. The molecule has 0 bridgehead atoms. The van der Waals surface area contributed by atoms with E-state index in [1.807, 2.05) is 18.2 Å². The van der Waals surface area contributed by atoms with Crippen molar-refractivity contribution in [2.24, 2.45) is 0 Å². The van der Waals surface area contributed by atoms with E-state index >= 15 is 0 Å². The van der Waals surface area contributed by atoms with Crippen LogP contribution in [-0.4, -0.2) is 33.6 Å². The number of fused-ring (bicyclic) bond motifs is 1. The van der Waals surface area contributed by atoms with E-state index in [0.29, 0.717) is 22.4 Å². The average molecular weight is 323 g/mol. The predicted octanol–water partition coefficient (Wildman–Crippen LogP) is 2.35. The molecule has 0 radical (unpaired) electrons. The summed E-state index contributed by atoms with van der Waals surface area (Å²) in [6.07, 6.45) is 4.20. The third-order valence-corrected chi connectivity index (χ3v) is 3.31. The molecule has 2 N–H and O–H groups in total. The van der Waals surface area contributed by atoms with Crippen LogP contribution < -0.4 is 10.1 Å². The first-order chi connectivity index (χ1) is 11.6. The zero-order valence-electron chi connectivity index (χ0n) is 12.5. The first-order valence-electron chi connectivity index (χ1n) is 7.08. The summed E-state index contributed by atoms with van der Waals surface area (Å²) in [7, 11) is 0. The molecule has 0 aliphatic carbocycles. The Hall–Kier alpha value is -3.48. The Kier molecular flexibility index (Phi) is 4.33. The number of ether oxygens (including phenoxy) is 1. The van der Waals surface area contributed by atoms with Crippen LogP contribution in [0.4, 0.5) is 5.69 Å². The molecule has 1 aromatic heterocycles. The summed E-state index contributed by atoms with van der Waals surface area (Å²) in [5, 5.41) is 13.0. The molecule has 3 rings (SSSR count). The molecule has 1 amide bonds. The molecule has 0 aliphatic rings. The summed E-state index contributed by atoms with van der Waals surface area (Å²) in [6.45, 7) is -0.433. The van der Waals surface area contributed by atoms with Crippen LogP contribution in [0.5, 0.6) is 5.75 Å². The van der Waals surface area contributed by atoms with Crippen LogP contribution in [0.3, 0.4) is 0 Å². The van der Waals surface area contributed by atoms with Crippen LogP contribution in [0.2, 0.25) is 0 Å². The van der Waals surface area contributed by atoms with Crippen molar-refractivity contribution in [3.8, 4) is 5.75 Å². The molecule has 0 fully saturated rings. The Morgan fingerprint density at radius 3 is 2.46 bits per heavy atom. The monoisotopic (exact) mass is 323 g/mol. The second kappa shape index (κ2) is 6.74. The largest absolute Gasteiger partial charge is 0.481 e. The molecule has 0 spiro atoms. The second-order valence-electron chi connectivity index (χ2n) is 4.92. The number of hydrogen-bond donors (Lipinski definition) is 2. The Morgan fingerprint density at radius 2 is 1.75 bits per heavy atom. The first kappa shape index (κ1) is 15.4. The van der Waals surface area contributed by atoms with E-state index in [1.54, 1.807) is 18.2 Å². The summed E-state index contributed by atoms with van der Waals surface area (Å²) in [4.78, 5) is 30.6. The van der Waals surface area contributed by atoms with Crippen LogP contribution in [0.15, 0.2) is 55.1 Å². The molecule has 0 aliphatic heterocycles. The van der Waals surface area contributed by atoms with E-state index in [-0.39, 0.29) is 5.91 Å². The third-order valence-electron chi connectivity index (χ3n) is 3.31. The van der Waals surface area contributed by atoms with Gasteiger partial charge in [-0.15, -0.1) is 0 Å². The van der Waals surface area contributed by atoms with Crippen molar-refractivity contribution in [2.45, 2.75) is 0 Å². The van der Waals surface area contributed by atoms with Crippen molar-refractivity contribution >= 4 is 28.3 Å². The number of carbonyl (C=O) groups is 2. The molecular formula is C17H13N3O4. The predicted molar refractivity (Wildman–Crippen MR) is 87.1 cm³/mol. The number of carboxylic acids is 1. The number of nitrogens with zero attached hydrogens (tertiary/aromatic N) is 2. The minimum absolute atomic E-state index is 0.333. The Labute approximate surface area is 136 Å². The molecule has 2 aromatic carbocycles. The molecule has 0 atom stereocenters. The van der Waals surface area contributed by atoms with Crippen molar-refractivity contribution in [1.82, 2.24) is 9.97 Å². The number of amides is 1. The zero-order chi connectivity index (χ0) is 16.9. The number of aliphatic carboxylic acids is 1. The van der Waals surface area contributed by atoms with Crippen LogP contribution in [0.1, 0.15) is 10.4 Å². The van der Waals surface area contributed by atoms with Gasteiger partial charge < -0.3 is 15.2 Å². The van der Waals surface area contributed by atoms with Gasteiger partial charge in [-0.25, -0.2) is 14.8 Å². The maximum atomic E-state index is 12.3. The number of nitrogens with one attached hydrogen (secondary N) is 1. The van der Waals surface area contributed by atoms with Gasteiger partial charge >= 0.3 is 5.97 Å². The Morgan fingerprint density at radius 1 is 1.04 bits per heavy atom. The Balaban J connectivity index is 1.93. The van der Waals surface area contributed by atoms with Crippen LogP contribution in [0, 0.1) is 0 Å². The second-order valence-corrected chi connectivity index (χ2v) is 4.92. The van der Waals surface area contributed by atoms with E-state index < -0.39 is 12.6 Å². The van der Waals surface area contributed by atoms with Crippen LogP contribution >= 0.6 is 0 Å². The van der Waals surface area contributed by atoms with Crippen molar-refractivity contribution in [3.05, 3.63) is 60.7 Å². The van der Waals surface area contributed by atoms with Gasteiger partial charge in [0, 0.05) is 28.9 Å². The van der Waals surface area contributed by atoms with E-state index in [9.17, 15) is 9.59 Å². The topological polar surface area (TPSA) is 101 Å². The quantitative estimate of drug-likeness (QED) is 0.747.